The van der Waals surface area contributed by atoms with Crippen LogP contribution in [-0.4, -0.2) is 25.6 Å². The summed E-state index contributed by atoms with van der Waals surface area (Å²) in [6.07, 6.45) is 1.53. The van der Waals surface area contributed by atoms with Crippen LogP contribution in [0.5, 0.6) is 0 Å². The van der Waals surface area contributed by atoms with Crippen LogP contribution in [0.4, 0.5) is 5.69 Å². The van der Waals surface area contributed by atoms with Crippen molar-refractivity contribution in [1.82, 2.24) is 25.6 Å². The Labute approximate surface area is 167 Å². The average molecular weight is 412 g/mol. The van der Waals surface area contributed by atoms with Crippen molar-refractivity contribution in [2.24, 2.45) is 0 Å². The Morgan fingerprint density at radius 3 is 2.96 bits per heavy atom. The summed E-state index contributed by atoms with van der Waals surface area (Å²) in [5.74, 6) is 0.215. The molecular formula is C17H10ClN7S2. The molecule has 0 aliphatic rings. The number of nitrogens with one attached hydrogen (secondary N) is 2. The number of hydrogen-bond acceptors (Lipinski definition) is 8. The lowest BCUT2D eigenvalue weighted by atomic mass is 10.3. The van der Waals surface area contributed by atoms with E-state index in [4.69, 9.17) is 11.6 Å². The van der Waals surface area contributed by atoms with Gasteiger partial charge in [0, 0.05) is 16.1 Å². The van der Waals surface area contributed by atoms with Crippen LogP contribution < -0.4 is 5.32 Å². The van der Waals surface area contributed by atoms with E-state index in [1.807, 2.05) is 42.5 Å². The van der Waals surface area contributed by atoms with Crippen LogP contribution in [0, 0.1) is 11.3 Å². The predicted octanol–water partition coefficient (Wildman–Crippen LogP) is 4.59. The molecule has 0 saturated heterocycles. The van der Waals surface area contributed by atoms with E-state index in [1.165, 1.54) is 18.0 Å². The second-order valence-corrected chi connectivity index (χ2v) is 8.00. The van der Waals surface area contributed by atoms with Gasteiger partial charge in [-0.2, -0.15) is 10.5 Å². The Balaban J connectivity index is 1.63. The van der Waals surface area contributed by atoms with Crippen molar-refractivity contribution in [2.45, 2.75) is 9.24 Å². The molecule has 0 amide bonds. The molecular weight excluding hydrogens is 402 g/mol. The monoisotopic (exact) mass is 411 g/mol. The van der Waals surface area contributed by atoms with Crippen molar-refractivity contribution in [2.75, 3.05) is 5.32 Å². The molecule has 4 rings (SSSR count). The number of aromatic amines is 1. The summed E-state index contributed by atoms with van der Waals surface area (Å²) >= 11 is 9.30. The third-order valence-electron chi connectivity index (χ3n) is 3.49. The lowest BCUT2D eigenvalue weighted by molar-refractivity contribution is 0.881. The lowest BCUT2D eigenvalue weighted by Gasteiger charge is -2.08. The fourth-order valence-corrected chi connectivity index (χ4v) is 4.54. The maximum absolute atomic E-state index is 9.30. The van der Waals surface area contributed by atoms with Crippen molar-refractivity contribution in [3.05, 3.63) is 59.5 Å². The molecule has 10 heteroatoms. The van der Waals surface area contributed by atoms with Crippen molar-refractivity contribution in [3.8, 4) is 6.07 Å². The van der Waals surface area contributed by atoms with Crippen molar-refractivity contribution < 1.29 is 0 Å². The molecule has 0 radical (unpaired) electrons. The molecule has 0 aliphatic heterocycles. The van der Waals surface area contributed by atoms with Gasteiger partial charge in [0.1, 0.15) is 11.6 Å². The minimum atomic E-state index is 0.215. The molecule has 2 aromatic heterocycles. The van der Waals surface area contributed by atoms with E-state index in [2.05, 4.69) is 30.9 Å². The summed E-state index contributed by atoms with van der Waals surface area (Å²) in [5.41, 5.74) is 1.97. The van der Waals surface area contributed by atoms with Crippen molar-refractivity contribution in [3.63, 3.8) is 0 Å². The number of nitrogens with zero attached hydrogens (tertiary/aromatic N) is 5. The highest BCUT2D eigenvalue weighted by atomic mass is 35.5. The zero-order chi connectivity index (χ0) is 18.6. The van der Waals surface area contributed by atoms with Gasteiger partial charge in [0.2, 0.25) is 5.82 Å². The maximum Gasteiger partial charge on any atom is 0.216 e. The van der Waals surface area contributed by atoms with Gasteiger partial charge in [-0.25, -0.2) is 4.98 Å². The molecule has 0 spiro atoms. The number of aromatic nitrogens is 5. The summed E-state index contributed by atoms with van der Waals surface area (Å²) in [7, 11) is 0. The molecule has 0 saturated carbocycles. The highest BCUT2D eigenvalue weighted by molar-refractivity contribution is 8.01. The second kappa shape index (κ2) is 7.75. The number of anilines is 1. The average Bonchev–Trinajstić information content (AvgIpc) is 3.33. The quantitative estimate of drug-likeness (QED) is 0.463. The van der Waals surface area contributed by atoms with Crippen LogP contribution in [0.15, 0.2) is 57.9 Å². The summed E-state index contributed by atoms with van der Waals surface area (Å²) in [4.78, 5) is 5.57. The van der Waals surface area contributed by atoms with Gasteiger partial charge >= 0.3 is 0 Å². The van der Waals surface area contributed by atoms with Crippen LogP contribution in [0.2, 0.25) is 5.02 Å². The van der Waals surface area contributed by atoms with Gasteiger partial charge in [-0.15, -0.1) is 21.5 Å². The van der Waals surface area contributed by atoms with Crippen LogP contribution in [0.3, 0.4) is 0 Å². The third-order valence-corrected chi connectivity index (χ3v) is 5.90. The fraction of sp³-hybridized carbons (Fsp3) is 0. The molecule has 0 unspecified atom stereocenters. The number of para-hydroxylation sites is 1. The lowest BCUT2D eigenvalue weighted by Crippen LogP contribution is -1.94. The molecule has 2 N–H and O–H groups in total. The van der Waals surface area contributed by atoms with E-state index in [9.17, 15) is 5.26 Å². The highest BCUT2D eigenvalue weighted by Crippen LogP contribution is 2.38. The molecule has 0 fully saturated rings. The molecule has 2 aromatic carbocycles. The number of thiazole rings is 1. The molecule has 0 atom stereocenters. The molecule has 4 aromatic rings. The first-order valence-electron chi connectivity index (χ1n) is 7.66. The largest absolute Gasteiger partial charge is 0.359 e. The van der Waals surface area contributed by atoms with E-state index in [0.29, 0.717) is 5.02 Å². The Morgan fingerprint density at radius 2 is 2.19 bits per heavy atom. The number of benzene rings is 2. The van der Waals surface area contributed by atoms with Gasteiger partial charge in [-0.1, -0.05) is 35.5 Å². The minimum Gasteiger partial charge on any atom is -0.359 e. The van der Waals surface area contributed by atoms with Gasteiger partial charge in [0.15, 0.2) is 4.34 Å². The Bertz CT molecular complexity index is 1130. The first-order valence-corrected chi connectivity index (χ1v) is 9.67. The van der Waals surface area contributed by atoms with Gasteiger partial charge in [0.05, 0.1) is 15.9 Å². The first kappa shape index (κ1) is 17.5. The zero-order valence-electron chi connectivity index (χ0n) is 13.5. The molecule has 0 bridgehead atoms. The number of hydrogen-bond donors (Lipinski definition) is 2. The molecule has 27 heavy (non-hydrogen) atoms. The van der Waals surface area contributed by atoms with E-state index in [0.717, 1.165) is 25.1 Å². The van der Waals surface area contributed by atoms with E-state index >= 15 is 0 Å². The second-order valence-electron chi connectivity index (χ2n) is 5.24. The van der Waals surface area contributed by atoms with E-state index < -0.39 is 0 Å². The highest BCUT2D eigenvalue weighted by Gasteiger charge is 2.11. The maximum atomic E-state index is 9.30. The predicted molar refractivity (Wildman–Crippen MR) is 107 cm³/mol. The fourth-order valence-electron chi connectivity index (χ4n) is 2.27. The number of tetrazole rings is 1. The molecule has 132 valence electrons. The van der Waals surface area contributed by atoms with Gasteiger partial charge in [-0.3, -0.25) is 0 Å². The standard InChI is InChI=1S/C17H10ClN7S2/c18-11-5-6-15(27-17-21-12-3-1-2-4-14(12)26-17)13(7-11)20-9-10(8-19)16-22-24-25-23-16/h1-7,9,20H,(H,22,23,24,25). The van der Waals surface area contributed by atoms with E-state index in [1.54, 1.807) is 17.4 Å². The summed E-state index contributed by atoms with van der Waals surface area (Å²) < 4.78 is 2.05. The summed E-state index contributed by atoms with van der Waals surface area (Å²) in [5, 5.41) is 26.4. The van der Waals surface area contributed by atoms with Crippen LogP contribution in [0.1, 0.15) is 5.82 Å². The number of fused-ring (bicyclic) bond motifs is 1. The smallest absolute Gasteiger partial charge is 0.216 e. The normalized spacial score (nSPS) is 11.5. The van der Waals surface area contributed by atoms with Crippen molar-refractivity contribution in [1.29, 1.82) is 5.26 Å². The SMILES string of the molecule is N#CC(=CNc1cc(Cl)ccc1Sc1nc2ccccc2s1)c1nn[nH]n1. The molecule has 0 aliphatic carbocycles. The third kappa shape index (κ3) is 3.93. The Hall–Kier alpha value is -2.93. The summed E-state index contributed by atoms with van der Waals surface area (Å²) in [6, 6.07) is 15.6. The number of H-pyrrole nitrogens is 1. The number of halogens is 1. The molecule has 2 heterocycles. The summed E-state index contributed by atoms with van der Waals surface area (Å²) in [6.45, 7) is 0. The van der Waals surface area contributed by atoms with Gasteiger partial charge in [-0.05, 0) is 35.5 Å². The number of rotatable bonds is 5. The topological polar surface area (TPSA) is 103 Å². The Kier molecular flexibility index (Phi) is 5.02. The van der Waals surface area contributed by atoms with Crippen molar-refractivity contribution >= 4 is 56.2 Å². The van der Waals surface area contributed by atoms with E-state index in [-0.39, 0.29) is 11.4 Å². The van der Waals surface area contributed by atoms with Crippen LogP contribution in [-0.2, 0) is 0 Å². The number of allylic oxidation sites excluding steroid dienone is 1. The molecule has 7 nitrogen and oxygen atoms in total. The van der Waals surface area contributed by atoms with Crippen LogP contribution in [0.25, 0.3) is 15.8 Å². The minimum absolute atomic E-state index is 0.215. The number of nitriles is 1. The van der Waals surface area contributed by atoms with Crippen LogP contribution >= 0.6 is 34.7 Å². The zero-order valence-corrected chi connectivity index (χ0v) is 15.9. The first-order chi connectivity index (χ1) is 13.2. The van der Waals surface area contributed by atoms with Gasteiger partial charge < -0.3 is 5.32 Å². The van der Waals surface area contributed by atoms with Gasteiger partial charge in [0.25, 0.3) is 0 Å². The Morgan fingerprint density at radius 1 is 1.30 bits per heavy atom.